The number of nitrogens with one attached hydrogen (secondary N) is 1. The van der Waals surface area contributed by atoms with Gasteiger partial charge in [-0.25, -0.2) is 13.2 Å². The molecule has 6 heteroatoms. The zero-order valence-corrected chi connectivity index (χ0v) is 11.1. The van der Waals surface area contributed by atoms with Crippen molar-refractivity contribution in [2.24, 2.45) is 0 Å². The first-order valence-corrected chi connectivity index (χ1v) is 6.00. The fourth-order valence-electron chi connectivity index (χ4n) is 1.80. The van der Waals surface area contributed by atoms with Gasteiger partial charge in [0, 0.05) is 23.9 Å². The van der Waals surface area contributed by atoms with Gasteiger partial charge in [0.15, 0.2) is 11.6 Å². The third-order valence-corrected chi connectivity index (χ3v) is 2.89. The minimum atomic E-state index is -0.826. The lowest BCUT2D eigenvalue weighted by molar-refractivity contribution is 0.386. The molecule has 0 aliphatic heterocycles. The summed E-state index contributed by atoms with van der Waals surface area (Å²) in [6.45, 7) is -0.171. The third-order valence-electron chi connectivity index (χ3n) is 2.89. The van der Waals surface area contributed by atoms with Gasteiger partial charge in [0.25, 0.3) is 0 Å². The van der Waals surface area contributed by atoms with Gasteiger partial charge >= 0.3 is 0 Å². The van der Waals surface area contributed by atoms with Crippen LogP contribution in [-0.4, -0.2) is 7.11 Å². The van der Waals surface area contributed by atoms with Gasteiger partial charge in [-0.1, -0.05) is 0 Å². The largest absolute Gasteiger partial charge is 0.494 e. The van der Waals surface area contributed by atoms with Crippen LogP contribution >= 0.6 is 0 Å². The van der Waals surface area contributed by atoms with E-state index in [2.05, 4.69) is 5.32 Å². The molecule has 0 bridgehead atoms. The molecule has 0 aliphatic carbocycles. The highest BCUT2D eigenvalue weighted by Crippen LogP contribution is 2.22. The molecule has 0 unspecified atom stereocenters. The van der Waals surface area contributed by atoms with E-state index in [0.717, 1.165) is 18.2 Å². The molecule has 0 saturated carbocycles. The average molecular weight is 292 g/mol. The summed E-state index contributed by atoms with van der Waals surface area (Å²) in [6, 6.07) is 7.67. The number of rotatable bonds is 4. The molecule has 0 atom stereocenters. The van der Waals surface area contributed by atoms with Crippen molar-refractivity contribution in [1.29, 1.82) is 5.26 Å². The Kier molecular flexibility index (Phi) is 4.33. The predicted octanol–water partition coefficient (Wildman–Crippen LogP) is 3.60. The van der Waals surface area contributed by atoms with Crippen LogP contribution < -0.4 is 10.1 Å². The normalized spacial score (nSPS) is 10.0. The molecule has 108 valence electrons. The van der Waals surface area contributed by atoms with E-state index in [1.807, 2.05) is 0 Å². The van der Waals surface area contributed by atoms with Gasteiger partial charge in [-0.05, 0) is 24.3 Å². The number of hydrogen-bond donors (Lipinski definition) is 1. The predicted molar refractivity (Wildman–Crippen MR) is 71.4 cm³/mol. The molecule has 0 aromatic heterocycles. The van der Waals surface area contributed by atoms with E-state index in [9.17, 15) is 13.2 Å². The maximum atomic E-state index is 13.7. The van der Waals surface area contributed by atoms with Gasteiger partial charge in [0.2, 0.25) is 0 Å². The summed E-state index contributed by atoms with van der Waals surface area (Å²) in [5, 5.41) is 11.3. The molecule has 2 aromatic rings. The zero-order chi connectivity index (χ0) is 15.4. The molecule has 0 radical (unpaired) electrons. The highest BCUT2D eigenvalue weighted by molar-refractivity contribution is 5.48. The van der Waals surface area contributed by atoms with Gasteiger partial charge in [0.05, 0.1) is 18.7 Å². The van der Waals surface area contributed by atoms with Crippen LogP contribution in [0.15, 0.2) is 30.3 Å². The maximum Gasteiger partial charge on any atom is 0.167 e. The van der Waals surface area contributed by atoms with Gasteiger partial charge in [-0.15, -0.1) is 0 Å². The molecule has 0 spiro atoms. The van der Waals surface area contributed by atoms with Crippen molar-refractivity contribution < 1.29 is 17.9 Å². The van der Waals surface area contributed by atoms with Crippen LogP contribution in [0.25, 0.3) is 0 Å². The lowest BCUT2D eigenvalue weighted by atomic mass is 10.1. The number of nitriles is 1. The van der Waals surface area contributed by atoms with Crippen LogP contribution in [0.4, 0.5) is 18.9 Å². The first kappa shape index (κ1) is 14.7. The first-order valence-electron chi connectivity index (χ1n) is 6.00. The Morgan fingerprint density at radius 1 is 1.10 bits per heavy atom. The lowest BCUT2D eigenvalue weighted by Crippen LogP contribution is -2.05. The monoisotopic (exact) mass is 292 g/mol. The van der Waals surface area contributed by atoms with Crippen molar-refractivity contribution in [2.75, 3.05) is 12.4 Å². The molecule has 0 saturated heterocycles. The highest BCUT2D eigenvalue weighted by atomic mass is 19.1. The maximum absolute atomic E-state index is 13.7. The molecule has 2 aromatic carbocycles. The standard InChI is InChI=1S/C15H11F3N2O/c1-21-15-3-2-10(6-14(15)18)20-8-11-12(16)4-9(7-19)5-13(11)17/h2-6,20H,8H2,1H3. The molecule has 21 heavy (non-hydrogen) atoms. The smallest absolute Gasteiger partial charge is 0.167 e. The average Bonchev–Trinajstić information content (AvgIpc) is 2.46. The Morgan fingerprint density at radius 3 is 2.29 bits per heavy atom. The van der Waals surface area contributed by atoms with Crippen LogP contribution in [0.2, 0.25) is 0 Å². The Morgan fingerprint density at radius 2 is 1.76 bits per heavy atom. The van der Waals surface area contributed by atoms with Crippen molar-refractivity contribution in [3.05, 3.63) is 58.9 Å². The van der Waals surface area contributed by atoms with Crippen molar-refractivity contribution in [3.63, 3.8) is 0 Å². The fraction of sp³-hybridized carbons (Fsp3) is 0.133. The summed E-state index contributed by atoms with van der Waals surface area (Å²) in [7, 11) is 1.34. The Labute approximate surface area is 119 Å². The molecule has 0 amide bonds. The van der Waals surface area contributed by atoms with E-state index in [-0.39, 0.29) is 23.4 Å². The van der Waals surface area contributed by atoms with Gasteiger partial charge in [0.1, 0.15) is 11.6 Å². The summed E-state index contributed by atoms with van der Waals surface area (Å²) in [5.41, 5.74) is 0.0472. The third kappa shape index (κ3) is 3.26. The Bertz CT molecular complexity index is 688. The second kappa shape index (κ2) is 6.18. The number of hydrogen-bond acceptors (Lipinski definition) is 3. The number of nitrogens with zero attached hydrogens (tertiary/aromatic N) is 1. The Balaban J connectivity index is 2.17. The van der Waals surface area contributed by atoms with Crippen LogP contribution in [0.5, 0.6) is 5.75 Å². The van der Waals surface area contributed by atoms with Crippen molar-refractivity contribution in [1.82, 2.24) is 0 Å². The van der Waals surface area contributed by atoms with Gasteiger partial charge < -0.3 is 10.1 Å². The molecule has 0 fully saturated rings. The Hall–Kier alpha value is -2.68. The van der Waals surface area contributed by atoms with Crippen LogP contribution in [0.1, 0.15) is 11.1 Å². The molecule has 0 heterocycles. The van der Waals surface area contributed by atoms with Gasteiger partial charge in [-0.3, -0.25) is 0 Å². The minimum absolute atomic E-state index is 0.0799. The summed E-state index contributed by atoms with van der Waals surface area (Å²) < 4.78 is 45.6. The molecule has 2 rings (SSSR count). The summed E-state index contributed by atoms with van der Waals surface area (Å²) >= 11 is 0. The minimum Gasteiger partial charge on any atom is -0.494 e. The van der Waals surface area contributed by atoms with E-state index in [1.54, 1.807) is 6.07 Å². The second-order valence-electron chi connectivity index (χ2n) is 4.23. The molecule has 3 nitrogen and oxygen atoms in total. The summed E-state index contributed by atoms with van der Waals surface area (Å²) in [4.78, 5) is 0. The SMILES string of the molecule is COc1ccc(NCc2c(F)cc(C#N)cc2F)cc1F. The van der Waals surface area contributed by atoms with Crippen LogP contribution in [-0.2, 0) is 6.54 Å². The van der Waals surface area contributed by atoms with Crippen molar-refractivity contribution in [2.45, 2.75) is 6.54 Å². The zero-order valence-electron chi connectivity index (χ0n) is 11.1. The number of methoxy groups -OCH3 is 1. The number of ether oxygens (including phenoxy) is 1. The van der Waals surface area contributed by atoms with Crippen molar-refractivity contribution >= 4 is 5.69 Å². The van der Waals surface area contributed by atoms with Crippen molar-refractivity contribution in [3.8, 4) is 11.8 Å². The molecule has 1 N–H and O–H groups in total. The topological polar surface area (TPSA) is 45.0 Å². The summed E-state index contributed by atoms with van der Waals surface area (Å²) in [6.07, 6.45) is 0. The van der Waals surface area contributed by atoms with E-state index in [4.69, 9.17) is 10.00 Å². The second-order valence-corrected chi connectivity index (χ2v) is 4.23. The molecular weight excluding hydrogens is 281 g/mol. The van der Waals surface area contributed by atoms with E-state index >= 15 is 0 Å². The van der Waals surface area contributed by atoms with Crippen LogP contribution in [0, 0.1) is 28.8 Å². The van der Waals surface area contributed by atoms with Crippen LogP contribution in [0.3, 0.4) is 0 Å². The quantitative estimate of drug-likeness (QED) is 0.936. The number of anilines is 1. The highest BCUT2D eigenvalue weighted by Gasteiger charge is 2.11. The lowest BCUT2D eigenvalue weighted by Gasteiger charge is -2.10. The molecule has 0 aliphatic rings. The first-order chi connectivity index (χ1) is 10.0. The van der Waals surface area contributed by atoms with Gasteiger partial charge in [-0.2, -0.15) is 5.26 Å². The number of benzene rings is 2. The fourth-order valence-corrected chi connectivity index (χ4v) is 1.80. The van der Waals surface area contributed by atoms with E-state index in [0.29, 0.717) is 5.69 Å². The van der Waals surface area contributed by atoms with E-state index in [1.165, 1.54) is 19.2 Å². The number of halogens is 3. The molecular formula is C15H11F3N2O. The summed E-state index contributed by atoms with van der Waals surface area (Å²) in [5.74, 6) is -2.15. The van der Waals surface area contributed by atoms with E-state index < -0.39 is 17.5 Å².